The molecule has 0 unspecified atom stereocenters. The first-order chi connectivity index (χ1) is 14.9. The Morgan fingerprint density at radius 3 is 2.13 bits per heavy atom. The lowest BCUT2D eigenvalue weighted by atomic mass is 9.85. The Labute approximate surface area is 180 Å². The number of anilines is 1. The van der Waals surface area contributed by atoms with Gasteiger partial charge in [0.2, 0.25) is 11.8 Å². The van der Waals surface area contributed by atoms with Crippen molar-refractivity contribution in [1.82, 2.24) is 4.90 Å². The van der Waals surface area contributed by atoms with Gasteiger partial charge in [0.15, 0.2) is 11.6 Å². The zero-order chi connectivity index (χ0) is 21.9. The molecule has 3 aliphatic heterocycles. The van der Waals surface area contributed by atoms with Crippen molar-refractivity contribution in [3.05, 3.63) is 65.2 Å². The topological polar surface area (TPSA) is 74.8 Å². The Hall–Kier alpha value is -3.12. The van der Waals surface area contributed by atoms with Crippen molar-refractivity contribution in [2.24, 2.45) is 11.8 Å². The molecule has 5 rings (SSSR count). The molecule has 0 bridgehead atoms. The molecule has 0 radical (unpaired) electrons. The van der Waals surface area contributed by atoms with Gasteiger partial charge in [-0.25, -0.2) is 4.90 Å². The minimum absolute atomic E-state index is 0.0761. The van der Waals surface area contributed by atoms with E-state index in [1.807, 2.05) is 19.1 Å². The SMILES string of the molecule is CC(=O)c1ccc(N2C(=O)[C@@H]3[C@H](C2=O)[C@H](C(=O)c2ccc(C)cc2)N2CCC[C@H]32)cc1. The van der Waals surface area contributed by atoms with E-state index < -0.39 is 17.9 Å². The molecular weight excluding hydrogens is 392 g/mol. The molecule has 0 N–H and O–H groups in total. The predicted molar refractivity (Wildman–Crippen MR) is 115 cm³/mol. The van der Waals surface area contributed by atoms with Crippen LogP contribution < -0.4 is 4.90 Å². The molecule has 0 aliphatic carbocycles. The lowest BCUT2D eigenvalue weighted by molar-refractivity contribution is -0.123. The third kappa shape index (κ3) is 2.97. The molecule has 2 aromatic rings. The van der Waals surface area contributed by atoms with Gasteiger partial charge in [-0.15, -0.1) is 0 Å². The Balaban J connectivity index is 1.52. The predicted octanol–water partition coefficient (Wildman–Crippen LogP) is 3.03. The number of fused-ring (bicyclic) bond motifs is 3. The number of ketones is 2. The molecular formula is C25H24N2O4. The summed E-state index contributed by atoms with van der Waals surface area (Å²) in [5, 5.41) is 0. The van der Waals surface area contributed by atoms with Crippen LogP contribution in [-0.4, -0.2) is 46.9 Å². The van der Waals surface area contributed by atoms with Crippen molar-refractivity contribution in [3.63, 3.8) is 0 Å². The maximum atomic E-state index is 13.5. The van der Waals surface area contributed by atoms with Crippen LogP contribution in [-0.2, 0) is 9.59 Å². The van der Waals surface area contributed by atoms with E-state index >= 15 is 0 Å². The van der Waals surface area contributed by atoms with Crippen LogP contribution in [0.2, 0.25) is 0 Å². The molecule has 0 aromatic heterocycles. The first kappa shape index (κ1) is 19.8. The van der Waals surface area contributed by atoms with Gasteiger partial charge < -0.3 is 0 Å². The van der Waals surface area contributed by atoms with Crippen LogP contribution in [0.1, 0.15) is 46.0 Å². The molecule has 6 nitrogen and oxygen atoms in total. The minimum Gasteiger partial charge on any atom is -0.295 e. The fourth-order valence-corrected chi connectivity index (χ4v) is 5.50. The van der Waals surface area contributed by atoms with Gasteiger partial charge in [-0.05, 0) is 57.5 Å². The van der Waals surface area contributed by atoms with Crippen molar-refractivity contribution in [1.29, 1.82) is 0 Å². The summed E-state index contributed by atoms with van der Waals surface area (Å²) in [6.07, 6.45) is 1.73. The third-order valence-electron chi connectivity index (χ3n) is 6.99. The standard InChI is InChI=1S/C25H24N2O4/c1-14-5-7-17(8-6-14)23(29)22-21-20(19-4-3-13-26(19)22)24(30)27(25(21)31)18-11-9-16(10-12-18)15(2)28/h5-12,19-22H,3-4,13H2,1-2H3/t19-,20+,21+,22-/m1/s1. The Morgan fingerprint density at radius 1 is 0.871 bits per heavy atom. The molecule has 6 heteroatoms. The third-order valence-corrected chi connectivity index (χ3v) is 6.99. The van der Waals surface area contributed by atoms with Crippen molar-refractivity contribution >= 4 is 29.1 Å². The van der Waals surface area contributed by atoms with Gasteiger partial charge in [-0.1, -0.05) is 29.8 Å². The number of imide groups is 1. The summed E-state index contributed by atoms with van der Waals surface area (Å²) in [6, 6.07) is 13.2. The maximum Gasteiger partial charge on any atom is 0.239 e. The number of nitrogens with zero attached hydrogens (tertiary/aromatic N) is 2. The lowest BCUT2D eigenvalue weighted by Crippen LogP contribution is -2.46. The number of amides is 2. The molecule has 158 valence electrons. The van der Waals surface area contributed by atoms with Crippen LogP contribution in [0.4, 0.5) is 5.69 Å². The van der Waals surface area contributed by atoms with Gasteiger partial charge in [0.25, 0.3) is 0 Å². The van der Waals surface area contributed by atoms with Crippen LogP contribution in [0.5, 0.6) is 0 Å². The number of carbonyl (C=O) groups is 4. The zero-order valence-corrected chi connectivity index (χ0v) is 17.6. The van der Waals surface area contributed by atoms with E-state index in [1.54, 1.807) is 36.4 Å². The zero-order valence-electron chi connectivity index (χ0n) is 17.6. The number of Topliss-reactive ketones (excluding diaryl/α,β-unsaturated/α-hetero) is 2. The highest BCUT2D eigenvalue weighted by Crippen LogP contribution is 2.48. The van der Waals surface area contributed by atoms with Gasteiger partial charge in [0.1, 0.15) is 0 Å². The summed E-state index contributed by atoms with van der Waals surface area (Å²) >= 11 is 0. The summed E-state index contributed by atoms with van der Waals surface area (Å²) in [5.41, 5.74) is 2.62. The number of rotatable bonds is 4. The largest absolute Gasteiger partial charge is 0.295 e. The van der Waals surface area contributed by atoms with E-state index in [2.05, 4.69) is 4.90 Å². The quantitative estimate of drug-likeness (QED) is 0.566. The van der Waals surface area contributed by atoms with Gasteiger partial charge in [0.05, 0.1) is 23.6 Å². The van der Waals surface area contributed by atoms with Gasteiger partial charge >= 0.3 is 0 Å². The molecule has 0 spiro atoms. The fourth-order valence-electron chi connectivity index (χ4n) is 5.50. The highest BCUT2D eigenvalue weighted by atomic mass is 16.2. The van der Waals surface area contributed by atoms with Crippen LogP contribution in [0.25, 0.3) is 0 Å². The van der Waals surface area contributed by atoms with E-state index in [9.17, 15) is 19.2 Å². The van der Waals surface area contributed by atoms with Crippen LogP contribution in [0.15, 0.2) is 48.5 Å². The Kier molecular flexibility index (Phi) is 4.63. The average Bonchev–Trinajstić information content (AvgIpc) is 3.40. The number of carbonyl (C=O) groups excluding carboxylic acids is 4. The fraction of sp³-hybridized carbons (Fsp3) is 0.360. The van der Waals surface area contributed by atoms with E-state index in [0.29, 0.717) is 16.8 Å². The van der Waals surface area contributed by atoms with Crippen LogP contribution >= 0.6 is 0 Å². The van der Waals surface area contributed by atoms with Crippen molar-refractivity contribution < 1.29 is 19.2 Å². The van der Waals surface area contributed by atoms with Crippen LogP contribution in [0, 0.1) is 18.8 Å². The molecule has 0 saturated carbocycles. The van der Waals surface area contributed by atoms with E-state index in [4.69, 9.17) is 0 Å². The molecule has 2 amide bonds. The van der Waals surface area contributed by atoms with Gasteiger partial charge in [-0.2, -0.15) is 0 Å². The number of hydrogen-bond acceptors (Lipinski definition) is 5. The smallest absolute Gasteiger partial charge is 0.239 e. The van der Waals surface area contributed by atoms with E-state index in [-0.39, 0.29) is 29.4 Å². The maximum absolute atomic E-state index is 13.5. The molecule has 3 heterocycles. The Bertz CT molecular complexity index is 1090. The normalized spacial score (nSPS) is 27.5. The molecule has 4 atom stereocenters. The summed E-state index contributed by atoms with van der Waals surface area (Å²) in [4.78, 5) is 55.3. The first-order valence-electron chi connectivity index (χ1n) is 10.7. The van der Waals surface area contributed by atoms with Gasteiger partial charge in [-0.3, -0.25) is 24.1 Å². The van der Waals surface area contributed by atoms with Crippen molar-refractivity contribution in [3.8, 4) is 0 Å². The van der Waals surface area contributed by atoms with E-state index in [0.717, 1.165) is 24.9 Å². The highest BCUT2D eigenvalue weighted by molar-refractivity contribution is 6.24. The molecule has 3 fully saturated rings. The summed E-state index contributed by atoms with van der Waals surface area (Å²) < 4.78 is 0. The first-order valence-corrected chi connectivity index (χ1v) is 10.7. The van der Waals surface area contributed by atoms with Crippen molar-refractivity contribution in [2.75, 3.05) is 11.4 Å². The summed E-state index contributed by atoms with van der Waals surface area (Å²) in [5.74, 6) is -1.88. The van der Waals surface area contributed by atoms with Crippen LogP contribution in [0.3, 0.4) is 0 Å². The van der Waals surface area contributed by atoms with Crippen molar-refractivity contribution in [2.45, 2.75) is 38.8 Å². The number of benzene rings is 2. The monoisotopic (exact) mass is 416 g/mol. The average molecular weight is 416 g/mol. The second kappa shape index (κ2) is 7.24. The number of hydrogen-bond donors (Lipinski definition) is 0. The second-order valence-corrected chi connectivity index (χ2v) is 8.79. The second-order valence-electron chi connectivity index (χ2n) is 8.79. The molecule has 2 aromatic carbocycles. The summed E-state index contributed by atoms with van der Waals surface area (Å²) in [6.45, 7) is 4.17. The number of aryl methyl sites for hydroxylation is 1. The summed E-state index contributed by atoms with van der Waals surface area (Å²) in [7, 11) is 0. The van der Waals surface area contributed by atoms with E-state index in [1.165, 1.54) is 11.8 Å². The molecule has 3 aliphatic rings. The minimum atomic E-state index is -0.668. The molecule has 3 saturated heterocycles. The highest BCUT2D eigenvalue weighted by Gasteiger charge is 2.64. The Morgan fingerprint density at radius 2 is 1.48 bits per heavy atom. The lowest BCUT2D eigenvalue weighted by Gasteiger charge is -2.27. The van der Waals surface area contributed by atoms with Gasteiger partial charge in [0, 0.05) is 17.2 Å². The molecule has 31 heavy (non-hydrogen) atoms.